The fourth-order valence-corrected chi connectivity index (χ4v) is 0.849. The molecule has 0 bridgehead atoms. The summed E-state index contributed by atoms with van der Waals surface area (Å²) in [5, 5.41) is 23.8. The molecule has 7 heteroatoms. The number of hydrogen-bond acceptors (Lipinski definition) is 6. The molecular weight excluding hydrogens is 174 g/mol. The predicted octanol–water partition coefficient (Wildman–Crippen LogP) is -0.184. The van der Waals surface area contributed by atoms with E-state index in [1.54, 1.807) is 0 Å². The molecule has 0 aromatic carbocycles. The number of hydrogen-bond donors (Lipinski definition) is 3. The first kappa shape index (κ1) is 10.7. The average Bonchev–Trinajstić information content (AvgIpc) is 1.85. The van der Waals surface area contributed by atoms with Gasteiger partial charge in [-0.3, -0.25) is 15.2 Å². The molecule has 11 heavy (non-hydrogen) atoms. The zero-order chi connectivity index (χ0) is 8.69. The fraction of sp³-hybridized carbons (Fsp3) is 0.750. The number of rotatable bonds is 6. The lowest BCUT2D eigenvalue weighted by molar-refractivity contribution is -0.490. The Morgan fingerprint density at radius 3 is 2.64 bits per heavy atom. The van der Waals surface area contributed by atoms with Crippen LogP contribution >= 0.6 is 11.8 Å². The highest BCUT2D eigenvalue weighted by Gasteiger charge is 1.97. The maximum Gasteiger partial charge on any atom is 0.313 e. The summed E-state index contributed by atoms with van der Waals surface area (Å²) in [6, 6.07) is 0. The molecule has 0 aliphatic rings. The van der Waals surface area contributed by atoms with Gasteiger partial charge < -0.3 is 5.11 Å². The molecule has 0 aliphatic carbocycles. The van der Waals surface area contributed by atoms with E-state index in [0.29, 0.717) is 5.75 Å². The third-order valence-corrected chi connectivity index (χ3v) is 1.57. The van der Waals surface area contributed by atoms with Crippen LogP contribution in [0, 0.1) is 0 Å². The molecule has 0 saturated heterocycles. The van der Waals surface area contributed by atoms with Crippen LogP contribution in [-0.4, -0.2) is 45.0 Å². The van der Waals surface area contributed by atoms with Crippen molar-refractivity contribution in [1.82, 2.24) is 5.39 Å². The lowest BCUT2D eigenvalue weighted by Gasteiger charge is -2.04. The van der Waals surface area contributed by atoms with Crippen molar-refractivity contribution in [3.63, 3.8) is 0 Å². The van der Waals surface area contributed by atoms with E-state index in [9.17, 15) is 4.79 Å². The van der Waals surface area contributed by atoms with Crippen molar-refractivity contribution in [2.24, 2.45) is 0 Å². The molecule has 0 fully saturated rings. The van der Waals surface area contributed by atoms with Crippen molar-refractivity contribution in [1.29, 1.82) is 0 Å². The van der Waals surface area contributed by atoms with E-state index in [4.69, 9.17) is 15.5 Å². The van der Waals surface area contributed by atoms with Crippen LogP contribution in [0.5, 0.6) is 0 Å². The smallest absolute Gasteiger partial charge is 0.313 e. The summed E-state index contributed by atoms with van der Waals surface area (Å²) in [6.45, 7) is 0.0605. The highest BCUT2D eigenvalue weighted by molar-refractivity contribution is 7.99. The molecule has 0 radical (unpaired) electrons. The molecule has 0 aromatic rings. The summed E-state index contributed by atoms with van der Waals surface area (Å²) < 4.78 is 0. The molecular formula is C4H9NO5S. The van der Waals surface area contributed by atoms with Crippen molar-refractivity contribution in [2.45, 2.75) is 0 Å². The number of aliphatic carboxylic acids is 1. The molecule has 0 aromatic heterocycles. The van der Waals surface area contributed by atoms with Gasteiger partial charge in [-0.25, -0.2) is 4.84 Å². The molecule has 6 nitrogen and oxygen atoms in total. The van der Waals surface area contributed by atoms with Crippen LogP contribution < -0.4 is 0 Å². The van der Waals surface area contributed by atoms with Gasteiger partial charge in [-0.2, -0.15) is 0 Å². The van der Waals surface area contributed by atoms with Crippen LogP contribution in [0.4, 0.5) is 0 Å². The Balaban J connectivity index is 2.97. The number of carboxylic acids is 1. The van der Waals surface area contributed by atoms with Gasteiger partial charge in [0.25, 0.3) is 0 Å². The van der Waals surface area contributed by atoms with Gasteiger partial charge in [-0.1, -0.05) is 0 Å². The molecule has 0 spiro atoms. The van der Waals surface area contributed by atoms with E-state index in [0.717, 1.165) is 11.8 Å². The number of carbonyl (C=O) groups is 1. The molecule has 0 heterocycles. The quantitative estimate of drug-likeness (QED) is 0.388. The van der Waals surface area contributed by atoms with Crippen molar-refractivity contribution in [3.05, 3.63) is 0 Å². The van der Waals surface area contributed by atoms with E-state index in [2.05, 4.69) is 4.84 Å². The Morgan fingerprint density at radius 1 is 1.55 bits per heavy atom. The summed E-state index contributed by atoms with van der Waals surface area (Å²) in [5.41, 5.74) is 0. The van der Waals surface area contributed by atoms with Crippen LogP contribution in [0.15, 0.2) is 0 Å². The number of carboxylic acid groups (broad SMARTS) is 1. The van der Waals surface area contributed by atoms with Crippen molar-refractivity contribution >= 4 is 17.7 Å². The van der Waals surface area contributed by atoms with Crippen LogP contribution in [0.25, 0.3) is 0 Å². The van der Waals surface area contributed by atoms with Gasteiger partial charge in [-0.05, 0) is 0 Å². The second-order valence-electron chi connectivity index (χ2n) is 1.53. The number of thioether (sulfide) groups is 1. The summed E-state index contributed by atoms with van der Waals surface area (Å²) >= 11 is 1.13. The van der Waals surface area contributed by atoms with Gasteiger partial charge in [0.1, 0.15) is 0 Å². The van der Waals surface area contributed by atoms with Crippen LogP contribution in [0.2, 0.25) is 0 Å². The molecule has 0 rings (SSSR count). The van der Waals surface area contributed by atoms with Gasteiger partial charge in [-0.15, -0.1) is 11.8 Å². The van der Waals surface area contributed by atoms with Gasteiger partial charge in [0.2, 0.25) is 0 Å². The van der Waals surface area contributed by atoms with E-state index >= 15 is 0 Å². The first-order chi connectivity index (χ1) is 5.13. The number of nitrogens with zero attached hydrogens (tertiary/aromatic N) is 1. The Bertz CT molecular complexity index is 119. The largest absolute Gasteiger partial charge is 0.481 e. The minimum atomic E-state index is -0.903. The summed E-state index contributed by atoms with van der Waals surface area (Å²) in [6.07, 6.45) is 0. The van der Waals surface area contributed by atoms with Gasteiger partial charge in [0, 0.05) is 5.75 Å². The lowest BCUT2D eigenvalue weighted by atomic mass is 10.8. The zero-order valence-corrected chi connectivity index (χ0v) is 6.45. The van der Waals surface area contributed by atoms with Crippen LogP contribution in [0.3, 0.4) is 0 Å². The molecule has 0 unspecified atom stereocenters. The minimum absolute atomic E-state index is 0.0137. The molecule has 66 valence electrons. The third-order valence-electron chi connectivity index (χ3n) is 0.660. The molecule has 0 saturated carbocycles. The van der Waals surface area contributed by atoms with Crippen molar-refractivity contribution < 1.29 is 25.2 Å². The van der Waals surface area contributed by atoms with E-state index < -0.39 is 11.4 Å². The molecule has 0 atom stereocenters. The Labute approximate surface area is 67.2 Å². The van der Waals surface area contributed by atoms with E-state index in [-0.39, 0.29) is 12.4 Å². The monoisotopic (exact) mass is 183 g/mol. The second-order valence-corrected chi connectivity index (χ2v) is 2.64. The highest BCUT2D eigenvalue weighted by Crippen LogP contribution is 1.98. The van der Waals surface area contributed by atoms with Crippen LogP contribution in [0.1, 0.15) is 0 Å². The van der Waals surface area contributed by atoms with Gasteiger partial charge in [0.15, 0.2) is 0 Å². The van der Waals surface area contributed by atoms with Crippen molar-refractivity contribution in [3.8, 4) is 0 Å². The molecule has 3 N–H and O–H groups in total. The van der Waals surface area contributed by atoms with E-state index in [1.807, 2.05) is 0 Å². The lowest BCUT2D eigenvalue weighted by Crippen LogP contribution is -2.16. The maximum atomic E-state index is 9.93. The molecule has 0 amide bonds. The maximum absolute atomic E-state index is 9.93. The second kappa shape index (κ2) is 6.38. The van der Waals surface area contributed by atoms with Gasteiger partial charge >= 0.3 is 5.97 Å². The SMILES string of the molecule is O=C(O)CSCCON(O)O. The third kappa shape index (κ3) is 9.66. The highest BCUT2D eigenvalue weighted by atomic mass is 32.2. The summed E-state index contributed by atoms with van der Waals surface area (Å²) in [5.74, 6) is -0.524. The van der Waals surface area contributed by atoms with Crippen LogP contribution in [-0.2, 0) is 9.63 Å². The van der Waals surface area contributed by atoms with E-state index in [1.165, 1.54) is 0 Å². The molecule has 0 aliphatic heterocycles. The summed E-state index contributed by atoms with van der Waals surface area (Å²) in [7, 11) is 0. The minimum Gasteiger partial charge on any atom is -0.481 e. The normalized spacial score (nSPS) is 10.5. The summed E-state index contributed by atoms with van der Waals surface area (Å²) in [4.78, 5) is 14.1. The fourth-order valence-electron chi connectivity index (χ4n) is 0.337. The van der Waals surface area contributed by atoms with Gasteiger partial charge in [0.05, 0.1) is 17.7 Å². The zero-order valence-electron chi connectivity index (χ0n) is 5.63. The first-order valence-electron chi connectivity index (χ1n) is 2.73. The average molecular weight is 183 g/mol. The predicted molar refractivity (Wildman–Crippen MR) is 36.3 cm³/mol. The first-order valence-corrected chi connectivity index (χ1v) is 3.88. The Kier molecular flexibility index (Phi) is 6.18. The Hall–Kier alpha value is -0.340. The topological polar surface area (TPSA) is 90.2 Å². The van der Waals surface area contributed by atoms with Crippen molar-refractivity contribution in [2.75, 3.05) is 18.1 Å². The standard InChI is InChI=1S/C4H9NO5S/c6-4(7)3-11-2-1-10-5(8)9/h8-9H,1-3H2,(H,6,7). The Morgan fingerprint density at radius 2 is 2.18 bits per heavy atom.